The third-order valence-corrected chi connectivity index (χ3v) is 6.72. The van der Waals surface area contributed by atoms with Crippen LogP contribution in [0.4, 0.5) is 4.79 Å². The summed E-state index contributed by atoms with van der Waals surface area (Å²) in [6, 6.07) is 8.37. The standard InChI is InChI=1S/C20H30N4O2S/c1-4-21-20(26)23-12-9-22(10-13-23)11-14-24-18(25)16(3)27-19(24)17-8-6-5-7-15(17)2/h5-8,16,19H,4,9-14H2,1-3H3,(H,21,26)/t16-,19+/m0/s1. The molecule has 0 radical (unpaired) electrons. The first-order chi connectivity index (χ1) is 13.0. The molecule has 27 heavy (non-hydrogen) atoms. The van der Waals surface area contributed by atoms with Gasteiger partial charge in [0, 0.05) is 45.8 Å². The SMILES string of the molecule is CCNC(=O)N1CCN(CCN2C(=O)[C@H](C)S[C@@H]2c2ccccc2C)CC1. The zero-order valence-electron chi connectivity index (χ0n) is 16.5. The molecular weight excluding hydrogens is 360 g/mol. The fourth-order valence-corrected chi connectivity index (χ4v) is 5.10. The Balaban J connectivity index is 1.57. The van der Waals surface area contributed by atoms with E-state index in [2.05, 4.69) is 35.3 Å². The number of hydrogen-bond acceptors (Lipinski definition) is 4. The Hall–Kier alpha value is -1.73. The van der Waals surface area contributed by atoms with Crippen molar-refractivity contribution in [3.8, 4) is 0 Å². The monoisotopic (exact) mass is 390 g/mol. The number of amides is 3. The minimum atomic E-state index is 0.00388. The van der Waals surface area contributed by atoms with Crippen molar-refractivity contribution in [2.45, 2.75) is 31.4 Å². The van der Waals surface area contributed by atoms with Gasteiger partial charge in [0.1, 0.15) is 5.37 Å². The highest BCUT2D eigenvalue weighted by molar-refractivity contribution is 8.01. The highest BCUT2D eigenvalue weighted by Crippen LogP contribution is 2.43. The van der Waals surface area contributed by atoms with Crippen LogP contribution in [-0.2, 0) is 4.79 Å². The van der Waals surface area contributed by atoms with Crippen LogP contribution in [0.3, 0.4) is 0 Å². The molecule has 2 aliphatic rings. The van der Waals surface area contributed by atoms with E-state index >= 15 is 0 Å². The normalized spacial score (nSPS) is 23.7. The van der Waals surface area contributed by atoms with Crippen LogP contribution in [0.2, 0.25) is 0 Å². The molecule has 1 aromatic rings. The Labute approximate surface area is 166 Å². The van der Waals surface area contributed by atoms with E-state index in [9.17, 15) is 9.59 Å². The molecular formula is C20H30N4O2S. The number of benzene rings is 1. The molecule has 0 aliphatic carbocycles. The predicted molar refractivity (Wildman–Crippen MR) is 110 cm³/mol. The molecule has 2 heterocycles. The highest BCUT2D eigenvalue weighted by Gasteiger charge is 2.39. The Morgan fingerprint density at radius 2 is 1.89 bits per heavy atom. The minimum absolute atomic E-state index is 0.00388. The van der Waals surface area contributed by atoms with Gasteiger partial charge in [0.25, 0.3) is 0 Å². The number of nitrogens with one attached hydrogen (secondary N) is 1. The number of nitrogens with zero attached hydrogens (tertiary/aromatic N) is 3. The molecule has 1 aromatic carbocycles. The van der Waals surface area contributed by atoms with Crippen LogP contribution in [0.25, 0.3) is 0 Å². The quantitative estimate of drug-likeness (QED) is 0.838. The molecule has 1 N–H and O–H groups in total. The van der Waals surface area contributed by atoms with Crippen molar-refractivity contribution in [1.29, 1.82) is 0 Å². The van der Waals surface area contributed by atoms with E-state index in [-0.39, 0.29) is 22.6 Å². The fraction of sp³-hybridized carbons (Fsp3) is 0.600. The zero-order valence-corrected chi connectivity index (χ0v) is 17.3. The van der Waals surface area contributed by atoms with Gasteiger partial charge in [-0.3, -0.25) is 9.69 Å². The molecule has 0 bridgehead atoms. The van der Waals surface area contributed by atoms with E-state index < -0.39 is 0 Å². The molecule has 148 valence electrons. The Kier molecular flexibility index (Phi) is 6.65. The van der Waals surface area contributed by atoms with E-state index in [4.69, 9.17) is 0 Å². The number of hydrogen-bond donors (Lipinski definition) is 1. The summed E-state index contributed by atoms with van der Waals surface area (Å²) < 4.78 is 0. The average Bonchev–Trinajstić information content (AvgIpc) is 2.95. The van der Waals surface area contributed by atoms with Crippen molar-refractivity contribution in [2.75, 3.05) is 45.8 Å². The maximum atomic E-state index is 12.7. The molecule has 3 rings (SSSR count). The lowest BCUT2D eigenvalue weighted by molar-refractivity contribution is -0.130. The molecule has 2 atom stereocenters. The second kappa shape index (κ2) is 8.97. The van der Waals surface area contributed by atoms with Crippen molar-refractivity contribution in [2.24, 2.45) is 0 Å². The van der Waals surface area contributed by atoms with E-state index in [0.29, 0.717) is 6.54 Å². The molecule has 0 unspecified atom stereocenters. The van der Waals surface area contributed by atoms with Crippen LogP contribution >= 0.6 is 11.8 Å². The largest absolute Gasteiger partial charge is 0.338 e. The summed E-state index contributed by atoms with van der Waals surface area (Å²) >= 11 is 1.74. The Bertz CT molecular complexity index is 676. The van der Waals surface area contributed by atoms with Crippen molar-refractivity contribution < 1.29 is 9.59 Å². The second-order valence-corrected chi connectivity index (χ2v) is 8.61. The van der Waals surface area contributed by atoms with Crippen molar-refractivity contribution in [3.63, 3.8) is 0 Å². The first-order valence-corrected chi connectivity index (χ1v) is 10.7. The summed E-state index contributed by atoms with van der Waals surface area (Å²) in [5.74, 6) is 0.231. The molecule has 0 aromatic heterocycles. The van der Waals surface area contributed by atoms with Crippen LogP contribution < -0.4 is 5.32 Å². The summed E-state index contributed by atoms with van der Waals surface area (Å²) in [7, 11) is 0. The summed E-state index contributed by atoms with van der Waals surface area (Å²) in [4.78, 5) is 30.9. The molecule has 3 amide bonds. The first-order valence-electron chi connectivity index (χ1n) is 9.78. The molecule has 2 fully saturated rings. The third kappa shape index (κ3) is 4.58. The molecule has 2 saturated heterocycles. The summed E-state index contributed by atoms with van der Waals surface area (Å²) in [6.45, 7) is 11.5. The van der Waals surface area contributed by atoms with Crippen LogP contribution in [0.5, 0.6) is 0 Å². The lowest BCUT2D eigenvalue weighted by atomic mass is 10.1. The van der Waals surface area contributed by atoms with Gasteiger partial charge in [-0.1, -0.05) is 24.3 Å². The smallest absolute Gasteiger partial charge is 0.317 e. The summed E-state index contributed by atoms with van der Waals surface area (Å²) in [5.41, 5.74) is 2.47. The highest BCUT2D eigenvalue weighted by atomic mass is 32.2. The van der Waals surface area contributed by atoms with Gasteiger partial charge in [0.2, 0.25) is 5.91 Å². The van der Waals surface area contributed by atoms with Crippen LogP contribution in [0, 0.1) is 6.92 Å². The van der Waals surface area contributed by atoms with E-state index in [0.717, 1.165) is 39.3 Å². The van der Waals surface area contributed by atoms with Gasteiger partial charge >= 0.3 is 6.03 Å². The first kappa shape index (κ1) is 20.0. The van der Waals surface area contributed by atoms with Crippen molar-refractivity contribution in [3.05, 3.63) is 35.4 Å². The van der Waals surface area contributed by atoms with E-state index in [1.165, 1.54) is 11.1 Å². The number of carbonyl (C=O) groups excluding carboxylic acids is 2. The lowest BCUT2D eigenvalue weighted by Gasteiger charge is -2.36. The Morgan fingerprint density at radius 1 is 1.19 bits per heavy atom. The zero-order chi connectivity index (χ0) is 19.4. The van der Waals surface area contributed by atoms with Crippen molar-refractivity contribution >= 4 is 23.7 Å². The average molecular weight is 391 g/mol. The van der Waals surface area contributed by atoms with E-state index in [1.54, 1.807) is 11.8 Å². The van der Waals surface area contributed by atoms with Gasteiger partial charge in [-0.15, -0.1) is 11.8 Å². The number of aryl methyl sites for hydroxylation is 1. The molecule has 0 spiro atoms. The molecule has 2 aliphatic heterocycles. The summed E-state index contributed by atoms with van der Waals surface area (Å²) in [6.07, 6.45) is 0. The predicted octanol–water partition coefficient (Wildman–Crippen LogP) is 2.30. The molecule has 6 nitrogen and oxygen atoms in total. The number of carbonyl (C=O) groups is 2. The maximum Gasteiger partial charge on any atom is 0.317 e. The summed E-state index contributed by atoms with van der Waals surface area (Å²) in [5, 5.41) is 2.97. The van der Waals surface area contributed by atoms with Crippen LogP contribution in [0.15, 0.2) is 24.3 Å². The number of piperazine rings is 1. The van der Waals surface area contributed by atoms with Crippen LogP contribution in [0.1, 0.15) is 30.3 Å². The maximum absolute atomic E-state index is 12.7. The number of thioether (sulfide) groups is 1. The topological polar surface area (TPSA) is 55.9 Å². The third-order valence-electron chi connectivity index (χ3n) is 5.35. The van der Waals surface area contributed by atoms with Gasteiger partial charge in [0.05, 0.1) is 5.25 Å². The van der Waals surface area contributed by atoms with Crippen LogP contribution in [-0.4, -0.2) is 77.7 Å². The van der Waals surface area contributed by atoms with Gasteiger partial charge < -0.3 is 15.1 Å². The van der Waals surface area contributed by atoms with Gasteiger partial charge in [-0.05, 0) is 31.9 Å². The van der Waals surface area contributed by atoms with Crippen molar-refractivity contribution in [1.82, 2.24) is 20.0 Å². The number of urea groups is 1. The lowest BCUT2D eigenvalue weighted by Crippen LogP contribution is -2.53. The van der Waals surface area contributed by atoms with Gasteiger partial charge in [-0.2, -0.15) is 0 Å². The molecule has 7 heteroatoms. The van der Waals surface area contributed by atoms with Gasteiger partial charge in [-0.25, -0.2) is 4.79 Å². The minimum Gasteiger partial charge on any atom is -0.338 e. The Morgan fingerprint density at radius 3 is 2.56 bits per heavy atom. The fourth-order valence-electron chi connectivity index (χ4n) is 3.69. The molecule has 0 saturated carbocycles. The second-order valence-electron chi connectivity index (χ2n) is 7.18. The van der Waals surface area contributed by atoms with E-state index in [1.807, 2.05) is 29.7 Å². The van der Waals surface area contributed by atoms with Gasteiger partial charge in [0.15, 0.2) is 0 Å². The number of rotatable bonds is 5.